The molecule has 0 spiro atoms. The molecule has 0 atom stereocenters. The summed E-state index contributed by atoms with van der Waals surface area (Å²) in [6.07, 6.45) is 1.92. The number of amides is 1. The second kappa shape index (κ2) is 9.33. The minimum Gasteiger partial charge on any atom is -0.346 e. The first-order valence-electron chi connectivity index (χ1n) is 9.81. The summed E-state index contributed by atoms with van der Waals surface area (Å²) in [5.74, 6) is -0.115. The van der Waals surface area contributed by atoms with Crippen molar-refractivity contribution in [3.8, 4) is 10.6 Å². The van der Waals surface area contributed by atoms with Gasteiger partial charge in [0, 0.05) is 16.5 Å². The van der Waals surface area contributed by atoms with E-state index in [1.54, 1.807) is 11.3 Å². The van der Waals surface area contributed by atoms with Crippen molar-refractivity contribution in [1.82, 2.24) is 10.3 Å². The van der Waals surface area contributed by atoms with Crippen LogP contribution in [0.5, 0.6) is 0 Å². The molecule has 3 aromatic carbocycles. The fourth-order valence-electron chi connectivity index (χ4n) is 3.20. The third-order valence-corrected chi connectivity index (χ3v) is 5.72. The van der Waals surface area contributed by atoms with Crippen LogP contribution < -0.4 is 5.32 Å². The molecule has 4 aromatic rings. The van der Waals surface area contributed by atoms with Crippen molar-refractivity contribution in [3.05, 3.63) is 113 Å². The summed E-state index contributed by atoms with van der Waals surface area (Å²) in [5, 5.41) is 6.01. The summed E-state index contributed by atoms with van der Waals surface area (Å²) in [6, 6.07) is 27.8. The molecule has 0 unspecified atom stereocenters. The molecule has 0 radical (unpaired) electrons. The molecule has 0 aliphatic rings. The first-order chi connectivity index (χ1) is 14.7. The largest absolute Gasteiger partial charge is 0.346 e. The number of thiazole rings is 1. The Morgan fingerprint density at radius 2 is 1.60 bits per heavy atom. The van der Waals surface area contributed by atoms with Crippen LogP contribution in [0.25, 0.3) is 22.2 Å². The number of rotatable bonds is 6. The van der Waals surface area contributed by atoms with Crippen LogP contribution in [0.2, 0.25) is 0 Å². The quantitative estimate of drug-likeness (QED) is 0.314. The lowest BCUT2D eigenvalue weighted by Gasteiger charge is -2.09. The molecule has 1 amide bonds. The highest BCUT2D eigenvalue weighted by atomic mass is 32.1. The van der Waals surface area contributed by atoms with Crippen LogP contribution in [0.3, 0.4) is 0 Å². The molecule has 0 fully saturated rings. The molecule has 3 nitrogen and oxygen atoms in total. The Kier molecular flexibility index (Phi) is 6.16. The van der Waals surface area contributed by atoms with E-state index in [0.29, 0.717) is 12.1 Å². The third-order valence-electron chi connectivity index (χ3n) is 4.80. The van der Waals surface area contributed by atoms with Gasteiger partial charge in [-0.1, -0.05) is 84.9 Å². The topological polar surface area (TPSA) is 42.0 Å². The second-order valence-corrected chi connectivity index (χ2v) is 7.83. The van der Waals surface area contributed by atoms with E-state index in [1.807, 2.05) is 84.3 Å². The van der Waals surface area contributed by atoms with Gasteiger partial charge in [-0.05, 0) is 29.7 Å². The number of nitrogens with one attached hydrogen (secondary N) is 1. The van der Waals surface area contributed by atoms with Gasteiger partial charge in [-0.3, -0.25) is 4.79 Å². The molecule has 4 heteroatoms. The van der Waals surface area contributed by atoms with Crippen LogP contribution in [0.1, 0.15) is 22.4 Å². The normalized spacial score (nSPS) is 11.3. The zero-order chi connectivity index (χ0) is 20.8. The maximum atomic E-state index is 13.0. The molecule has 30 heavy (non-hydrogen) atoms. The minimum atomic E-state index is -0.115. The van der Waals surface area contributed by atoms with Crippen molar-refractivity contribution in [3.63, 3.8) is 0 Å². The zero-order valence-corrected chi connectivity index (χ0v) is 17.5. The van der Waals surface area contributed by atoms with Crippen LogP contribution in [0.15, 0.2) is 90.3 Å². The first kappa shape index (κ1) is 19.8. The number of nitrogens with zero attached hydrogens (tertiary/aromatic N) is 1. The zero-order valence-electron chi connectivity index (χ0n) is 16.7. The van der Waals surface area contributed by atoms with Crippen molar-refractivity contribution in [1.29, 1.82) is 0 Å². The smallest absolute Gasteiger partial charge is 0.252 e. The maximum Gasteiger partial charge on any atom is 0.252 e. The highest BCUT2D eigenvalue weighted by Crippen LogP contribution is 2.26. The van der Waals surface area contributed by atoms with Crippen molar-refractivity contribution in [2.24, 2.45) is 0 Å². The Hall–Kier alpha value is -3.50. The van der Waals surface area contributed by atoms with Gasteiger partial charge in [0.2, 0.25) is 0 Å². The Morgan fingerprint density at radius 3 is 2.33 bits per heavy atom. The van der Waals surface area contributed by atoms with E-state index in [2.05, 4.69) is 24.4 Å². The Balaban J connectivity index is 1.53. The van der Waals surface area contributed by atoms with Gasteiger partial charge in [-0.25, -0.2) is 4.98 Å². The summed E-state index contributed by atoms with van der Waals surface area (Å²) in [5.41, 5.74) is 5.70. The van der Waals surface area contributed by atoms with Crippen molar-refractivity contribution in [2.75, 3.05) is 0 Å². The van der Waals surface area contributed by atoms with E-state index in [-0.39, 0.29) is 5.91 Å². The summed E-state index contributed by atoms with van der Waals surface area (Å²) in [7, 11) is 0. The van der Waals surface area contributed by atoms with Crippen LogP contribution in [-0.2, 0) is 11.3 Å². The van der Waals surface area contributed by atoms with E-state index in [4.69, 9.17) is 4.98 Å². The molecule has 0 saturated carbocycles. The lowest BCUT2D eigenvalue weighted by atomic mass is 10.0. The van der Waals surface area contributed by atoms with Gasteiger partial charge >= 0.3 is 0 Å². The molecule has 0 saturated heterocycles. The van der Waals surface area contributed by atoms with Crippen LogP contribution in [0, 0.1) is 6.92 Å². The van der Waals surface area contributed by atoms with Crippen molar-refractivity contribution >= 4 is 28.9 Å². The van der Waals surface area contributed by atoms with E-state index >= 15 is 0 Å². The van der Waals surface area contributed by atoms with E-state index in [9.17, 15) is 4.79 Å². The number of carbonyl (C=O) groups excluding carboxylic acids is 1. The Labute approximate surface area is 180 Å². The molecule has 0 bridgehead atoms. The van der Waals surface area contributed by atoms with Gasteiger partial charge in [0.1, 0.15) is 5.01 Å². The number of carbonyl (C=O) groups is 1. The first-order valence-corrected chi connectivity index (χ1v) is 10.7. The summed E-state index contributed by atoms with van der Waals surface area (Å²) in [6.45, 7) is 2.47. The number of hydrogen-bond acceptors (Lipinski definition) is 3. The van der Waals surface area contributed by atoms with Gasteiger partial charge in [0.25, 0.3) is 5.91 Å². The van der Waals surface area contributed by atoms with E-state index < -0.39 is 0 Å². The molecule has 4 rings (SSSR count). The summed E-state index contributed by atoms with van der Waals surface area (Å²) < 4.78 is 0. The molecular formula is C26H22N2OS. The van der Waals surface area contributed by atoms with Crippen molar-refractivity contribution < 1.29 is 4.79 Å². The predicted molar refractivity (Wildman–Crippen MR) is 125 cm³/mol. The maximum absolute atomic E-state index is 13.0. The molecule has 148 valence electrons. The van der Waals surface area contributed by atoms with Gasteiger partial charge < -0.3 is 5.32 Å². The monoisotopic (exact) mass is 410 g/mol. The average Bonchev–Trinajstić information content (AvgIpc) is 3.26. The number of hydrogen-bond donors (Lipinski definition) is 1. The molecule has 0 aliphatic carbocycles. The highest BCUT2D eigenvalue weighted by Gasteiger charge is 2.13. The molecule has 1 aromatic heterocycles. The Bertz CT molecular complexity index is 1160. The van der Waals surface area contributed by atoms with E-state index in [0.717, 1.165) is 27.4 Å². The fraction of sp³-hybridized carbons (Fsp3) is 0.0769. The lowest BCUT2D eigenvalue weighted by Crippen LogP contribution is -2.24. The molecular weight excluding hydrogens is 388 g/mol. The van der Waals surface area contributed by atoms with Crippen molar-refractivity contribution in [2.45, 2.75) is 13.5 Å². The van der Waals surface area contributed by atoms with Crippen LogP contribution in [-0.4, -0.2) is 10.9 Å². The van der Waals surface area contributed by atoms with Crippen LogP contribution in [0.4, 0.5) is 0 Å². The summed E-state index contributed by atoms with van der Waals surface area (Å²) >= 11 is 1.60. The number of aryl methyl sites for hydroxylation is 1. The minimum absolute atomic E-state index is 0.115. The fourth-order valence-corrected chi connectivity index (χ4v) is 4.11. The third kappa shape index (κ3) is 4.73. The van der Waals surface area contributed by atoms with Gasteiger partial charge in [0.15, 0.2) is 0 Å². The second-order valence-electron chi connectivity index (χ2n) is 6.98. The number of benzene rings is 3. The highest BCUT2D eigenvalue weighted by molar-refractivity contribution is 7.13. The predicted octanol–water partition coefficient (Wildman–Crippen LogP) is 5.98. The van der Waals surface area contributed by atoms with Crippen LogP contribution >= 0.6 is 11.3 Å². The molecule has 1 heterocycles. The van der Waals surface area contributed by atoms with Gasteiger partial charge in [-0.2, -0.15) is 0 Å². The molecule has 1 N–H and O–H groups in total. The number of aromatic nitrogens is 1. The van der Waals surface area contributed by atoms with E-state index in [1.165, 1.54) is 5.56 Å². The lowest BCUT2D eigenvalue weighted by molar-refractivity contribution is -0.115. The Morgan fingerprint density at radius 1 is 0.933 bits per heavy atom. The molecule has 0 aliphatic heterocycles. The van der Waals surface area contributed by atoms with Gasteiger partial charge in [-0.15, -0.1) is 11.3 Å². The average molecular weight is 411 g/mol. The SMILES string of the molecule is Cc1ccccc1-c1nc(CNC(=O)/C(=C\c2ccccc2)c2ccccc2)cs1. The van der Waals surface area contributed by atoms with Gasteiger partial charge in [0.05, 0.1) is 12.2 Å². The summed E-state index contributed by atoms with van der Waals surface area (Å²) in [4.78, 5) is 17.8. The standard InChI is InChI=1S/C26H22N2OS/c1-19-10-8-9-15-23(19)26-28-22(18-30-26)17-27-25(29)24(21-13-6-3-7-14-21)16-20-11-4-2-5-12-20/h2-16,18H,17H2,1H3,(H,27,29)/b24-16-.